The van der Waals surface area contributed by atoms with Crippen LogP contribution in [0.4, 0.5) is 4.39 Å². The van der Waals surface area contributed by atoms with Gasteiger partial charge in [0.15, 0.2) is 0 Å². The molecule has 3 aromatic rings. The average molecular weight is 351 g/mol. The lowest BCUT2D eigenvalue weighted by Crippen LogP contribution is -2.02. The summed E-state index contributed by atoms with van der Waals surface area (Å²) in [6.07, 6.45) is 2.42. The van der Waals surface area contributed by atoms with Gasteiger partial charge in [0.1, 0.15) is 36.8 Å². The number of hydrogen-bond acceptors (Lipinski definition) is 4. The Kier molecular flexibility index (Phi) is 5.59. The Labute approximate surface area is 151 Å². The maximum absolute atomic E-state index is 13.7. The van der Waals surface area contributed by atoms with Crippen LogP contribution in [0.2, 0.25) is 0 Å². The zero-order chi connectivity index (χ0) is 18.4. The Morgan fingerprint density at radius 1 is 1.00 bits per heavy atom. The molecular formula is C21H18FNO3. The van der Waals surface area contributed by atoms with Crippen LogP contribution in [0.5, 0.6) is 11.5 Å². The summed E-state index contributed by atoms with van der Waals surface area (Å²) >= 11 is 0. The summed E-state index contributed by atoms with van der Waals surface area (Å²) in [5.74, 6) is 0.593. The summed E-state index contributed by atoms with van der Waals surface area (Å²) in [6, 6.07) is 15.1. The number of benzene rings is 2. The van der Waals surface area contributed by atoms with Gasteiger partial charge in [-0.05, 0) is 36.8 Å². The van der Waals surface area contributed by atoms with E-state index in [4.69, 9.17) is 9.47 Å². The van der Waals surface area contributed by atoms with Gasteiger partial charge in [0, 0.05) is 23.4 Å². The molecule has 5 heteroatoms. The van der Waals surface area contributed by atoms with E-state index < -0.39 is 0 Å². The van der Waals surface area contributed by atoms with Crippen molar-refractivity contribution in [3.8, 4) is 11.5 Å². The SMILES string of the molecule is Cc1cccnc1COc1cc(C=O)cc(OCc2ccccc2F)c1. The van der Waals surface area contributed by atoms with Crippen LogP contribution in [0.25, 0.3) is 0 Å². The van der Waals surface area contributed by atoms with Crippen LogP contribution < -0.4 is 9.47 Å². The Morgan fingerprint density at radius 3 is 2.42 bits per heavy atom. The third-order valence-electron chi connectivity index (χ3n) is 3.88. The van der Waals surface area contributed by atoms with Gasteiger partial charge in [-0.3, -0.25) is 9.78 Å². The summed E-state index contributed by atoms with van der Waals surface area (Å²) in [5, 5.41) is 0. The van der Waals surface area contributed by atoms with Crippen molar-refractivity contribution in [2.75, 3.05) is 0 Å². The Morgan fingerprint density at radius 2 is 1.73 bits per heavy atom. The van der Waals surface area contributed by atoms with Crippen molar-refractivity contribution in [2.24, 2.45) is 0 Å². The quantitative estimate of drug-likeness (QED) is 0.588. The second-order valence-electron chi connectivity index (χ2n) is 5.79. The van der Waals surface area contributed by atoms with Crippen LogP contribution in [-0.2, 0) is 13.2 Å². The number of carbonyl (C=O) groups is 1. The molecule has 0 saturated heterocycles. The lowest BCUT2D eigenvalue weighted by molar-refractivity contribution is 0.112. The Balaban J connectivity index is 1.73. The number of hydrogen-bond donors (Lipinski definition) is 0. The van der Waals surface area contributed by atoms with Crippen molar-refractivity contribution in [3.05, 3.63) is 89.0 Å². The van der Waals surface area contributed by atoms with Gasteiger partial charge in [-0.15, -0.1) is 0 Å². The fraction of sp³-hybridized carbons (Fsp3) is 0.143. The third-order valence-corrected chi connectivity index (χ3v) is 3.88. The fourth-order valence-corrected chi connectivity index (χ4v) is 2.43. The molecule has 1 aromatic heterocycles. The highest BCUT2D eigenvalue weighted by atomic mass is 19.1. The number of ether oxygens (including phenoxy) is 2. The molecule has 1 heterocycles. The smallest absolute Gasteiger partial charge is 0.150 e. The van der Waals surface area contributed by atoms with E-state index in [1.165, 1.54) is 6.07 Å². The van der Waals surface area contributed by atoms with Gasteiger partial charge in [-0.1, -0.05) is 24.3 Å². The summed E-state index contributed by atoms with van der Waals surface area (Å²) < 4.78 is 25.1. The summed E-state index contributed by atoms with van der Waals surface area (Å²) in [6.45, 7) is 2.30. The molecule has 0 saturated carbocycles. The maximum Gasteiger partial charge on any atom is 0.150 e. The number of pyridine rings is 1. The first kappa shape index (κ1) is 17.6. The van der Waals surface area contributed by atoms with E-state index in [2.05, 4.69) is 4.98 Å². The molecule has 0 amide bonds. The normalized spacial score (nSPS) is 10.4. The van der Waals surface area contributed by atoms with Crippen LogP contribution in [0.15, 0.2) is 60.8 Å². The Hall–Kier alpha value is -3.21. The first-order chi connectivity index (χ1) is 12.7. The monoisotopic (exact) mass is 351 g/mol. The van der Waals surface area contributed by atoms with E-state index in [9.17, 15) is 9.18 Å². The molecule has 4 nitrogen and oxygen atoms in total. The molecule has 132 valence electrons. The van der Waals surface area contributed by atoms with Crippen molar-refractivity contribution >= 4 is 6.29 Å². The number of halogens is 1. The minimum Gasteiger partial charge on any atom is -0.489 e. The molecule has 0 aliphatic rings. The van der Waals surface area contributed by atoms with Gasteiger partial charge in [-0.2, -0.15) is 0 Å². The molecule has 0 unspecified atom stereocenters. The highest BCUT2D eigenvalue weighted by Crippen LogP contribution is 2.24. The molecule has 0 aliphatic heterocycles. The zero-order valence-electron chi connectivity index (χ0n) is 14.3. The molecule has 0 N–H and O–H groups in total. The minimum absolute atomic E-state index is 0.0633. The number of aldehydes is 1. The van der Waals surface area contributed by atoms with Crippen LogP contribution in [0.3, 0.4) is 0 Å². The fourth-order valence-electron chi connectivity index (χ4n) is 2.43. The first-order valence-corrected chi connectivity index (χ1v) is 8.15. The van der Waals surface area contributed by atoms with E-state index in [1.54, 1.807) is 42.6 Å². The maximum atomic E-state index is 13.7. The van der Waals surface area contributed by atoms with E-state index in [1.807, 2.05) is 19.1 Å². The third kappa shape index (κ3) is 4.45. The van der Waals surface area contributed by atoms with E-state index >= 15 is 0 Å². The lowest BCUT2D eigenvalue weighted by atomic mass is 10.2. The molecular weight excluding hydrogens is 333 g/mol. The van der Waals surface area contributed by atoms with Gasteiger partial charge in [-0.25, -0.2) is 4.39 Å². The highest BCUT2D eigenvalue weighted by molar-refractivity contribution is 5.76. The number of nitrogens with zero attached hydrogens (tertiary/aromatic N) is 1. The van der Waals surface area contributed by atoms with Crippen LogP contribution in [0, 0.1) is 12.7 Å². The largest absolute Gasteiger partial charge is 0.489 e. The van der Waals surface area contributed by atoms with Gasteiger partial charge < -0.3 is 9.47 Å². The summed E-state index contributed by atoms with van der Waals surface area (Å²) in [4.78, 5) is 15.5. The first-order valence-electron chi connectivity index (χ1n) is 8.15. The molecule has 0 atom stereocenters. The summed E-state index contributed by atoms with van der Waals surface area (Å²) in [5.41, 5.74) is 2.70. The van der Waals surface area contributed by atoms with E-state index in [-0.39, 0.29) is 19.0 Å². The second kappa shape index (κ2) is 8.25. The van der Waals surface area contributed by atoms with Crippen molar-refractivity contribution in [2.45, 2.75) is 20.1 Å². The number of aromatic nitrogens is 1. The van der Waals surface area contributed by atoms with Gasteiger partial charge in [0.2, 0.25) is 0 Å². The average Bonchev–Trinajstić information content (AvgIpc) is 2.66. The second-order valence-corrected chi connectivity index (χ2v) is 5.79. The molecule has 0 aliphatic carbocycles. The predicted molar refractivity (Wildman–Crippen MR) is 95.9 cm³/mol. The standard InChI is InChI=1S/C21H18FNO3/c1-15-5-4-8-23-21(15)14-26-19-10-16(12-24)9-18(11-19)25-13-17-6-2-3-7-20(17)22/h2-12H,13-14H2,1H3. The van der Waals surface area contributed by atoms with Gasteiger partial charge in [0.05, 0.1) is 5.69 Å². The molecule has 0 spiro atoms. The van der Waals surface area contributed by atoms with Gasteiger partial charge >= 0.3 is 0 Å². The zero-order valence-corrected chi connectivity index (χ0v) is 14.3. The molecule has 0 fully saturated rings. The lowest BCUT2D eigenvalue weighted by Gasteiger charge is -2.12. The van der Waals surface area contributed by atoms with Crippen molar-refractivity contribution in [1.29, 1.82) is 0 Å². The van der Waals surface area contributed by atoms with Gasteiger partial charge in [0.25, 0.3) is 0 Å². The van der Waals surface area contributed by atoms with Crippen molar-refractivity contribution in [1.82, 2.24) is 4.98 Å². The minimum atomic E-state index is -0.332. The predicted octanol–water partition coefficient (Wildman–Crippen LogP) is 4.50. The van der Waals surface area contributed by atoms with Crippen LogP contribution >= 0.6 is 0 Å². The Bertz CT molecular complexity index is 844. The number of aryl methyl sites for hydroxylation is 1. The topological polar surface area (TPSA) is 48.4 Å². The van der Waals surface area contributed by atoms with Crippen LogP contribution in [-0.4, -0.2) is 11.3 Å². The van der Waals surface area contributed by atoms with Crippen molar-refractivity contribution in [3.63, 3.8) is 0 Å². The van der Waals surface area contributed by atoms with E-state index in [0.717, 1.165) is 17.5 Å². The number of rotatable bonds is 7. The number of carbonyl (C=O) groups excluding carboxylic acids is 1. The van der Waals surface area contributed by atoms with Crippen LogP contribution in [0.1, 0.15) is 27.2 Å². The molecule has 0 radical (unpaired) electrons. The van der Waals surface area contributed by atoms with Crippen molar-refractivity contribution < 1.29 is 18.7 Å². The molecule has 26 heavy (non-hydrogen) atoms. The molecule has 3 rings (SSSR count). The molecule has 2 aromatic carbocycles. The highest BCUT2D eigenvalue weighted by Gasteiger charge is 2.07. The summed E-state index contributed by atoms with van der Waals surface area (Å²) in [7, 11) is 0. The van der Waals surface area contributed by atoms with E-state index in [0.29, 0.717) is 22.6 Å². The molecule has 0 bridgehead atoms.